The van der Waals surface area contributed by atoms with E-state index in [1.54, 1.807) is 10.4 Å². The fraction of sp³-hybridized carbons (Fsp3) is 0.565. The van der Waals surface area contributed by atoms with Gasteiger partial charge < -0.3 is 15.0 Å². The van der Waals surface area contributed by atoms with E-state index in [0.29, 0.717) is 19.5 Å². The molecule has 1 saturated carbocycles. The zero-order valence-corrected chi connectivity index (χ0v) is 17.7. The van der Waals surface area contributed by atoms with Gasteiger partial charge in [-0.15, -0.1) is 0 Å². The standard InChI is InChI=1S/C23H31N3O4/c1-15(2)30-18-5-3-4-17(12-18)16-6-10-26(11-7-16)22(28)20-19(21(27)25-29)13-23(8-9-23)14-24-20/h3-6,12,15,19-20,24,29H,7-11,13-14H2,1-2H3,(H,25,27)/t19-,20-/m0/s1. The van der Waals surface area contributed by atoms with Crippen LogP contribution in [0.5, 0.6) is 5.75 Å². The van der Waals surface area contributed by atoms with Crippen LogP contribution in [-0.4, -0.2) is 53.7 Å². The van der Waals surface area contributed by atoms with Crippen molar-refractivity contribution in [3.05, 3.63) is 35.9 Å². The molecule has 3 N–H and O–H groups in total. The van der Waals surface area contributed by atoms with Gasteiger partial charge in [0.25, 0.3) is 0 Å². The van der Waals surface area contributed by atoms with E-state index >= 15 is 0 Å². The molecule has 2 amide bonds. The summed E-state index contributed by atoms with van der Waals surface area (Å²) in [6.07, 6.45) is 5.76. The monoisotopic (exact) mass is 413 g/mol. The van der Waals surface area contributed by atoms with Gasteiger partial charge in [0, 0.05) is 19.6 Å². The van der Waals surface area contributed by atoms with Crippen LogP contribution in [0, 0.1) is 11.3 Å². The van der Waals surface area contributed by atoms with Gasteiger partial charge in [0.1, 0.15) is 5.75 Å². The summed E-state index contributed by atoms with van der Waals surface area (Å²) in [6, 6.07) is 7.47. The Balaban J connectivity index is 1.43. The van der Waals surface area contributed by atoms with Crippen LogP contribution in [0.1, 0.15) is 45.1 Å². The first-order chi connectivity index (χ1) is 14.4. The van der Waals surface area contributed by atoms with Crippen molar-refractivity contribution < 1.29 is 19.5 Å². The number of nitrogens with one attached hydrogen (secondary N) is 2. The lowest BCUT2D eigenvalue weighted by Crippen LogP contribution is -2.59. The van der Waals surface area contributed by atoms with E-state index < -0.39 is 17.9 Å². The maximum absolute atomic E-state index is 13.2. The summed E-state index contributed by atoms with van der Waals surface area (Å²) >= 11 is 0. The molecule has 4 rings (SSSR count). The highest BCUT2D eigenvalue weighted by Gasteiger charge is 2.52. The number of piperidine rings is 1. The van der Waals surface area contributed by atoms with Gasteiger partial charge in [0.15, 0.2) is 0 Å². The lowest BCUT2D eigenvalue weighted by molar-refractivity contribution is -0.144. The largest absolute Gasteiger partial charge is 0.491 e. The third kappa shape index (κ3) is 4.37. The van der Waals surface area contributed by atoms with Crippen LogP contribution in [-0.2, 0) is 9.59 Å². The van der Waals surface area contributed by atoms with E-state index in [1.165, 1.54) is 5.57 Å². The molecule has 3 aliphatic rings. The molecular formula is C23H31N3O4. The number of hydroxylamine groups is 1. The van der Waals surface area contributed by atoms with E-state index in [4.69, 9.17) is 9.94 Å². The second-order valence-corrected chi connectivity index (χ2v) is 9.10. The number of benzene rings is 1. The second-order valence-electron chi connectivity index (χ2n) is 9.10. The molecule has 0 unspecified atom stereocenters. The molecule has 2 heterocycles. The van der Waals surface area contributed by atoms with Gasteiger partial charge in [0.05, 0.1) is 18.1 Å². The molecule has 0 radical (unpaired) electrons. The normalized spacial score (nSPS) is 25.1. The average molecular weight is 414 g/mol. The molecule has 30 heavy (non-hydrogen) atoms. The molecule has 2 fully saturated rings. The predicted molar refractivity (Wildman–Crippen MR) is 113 cm³/mol. The molecule has 7 heteroatoms. The number of nitrogens with zero attached hydrogens (tertiary/aromatic N) is 1. The Bertz CT molecular complexity index is 847. The Labute approximate surface area is 177 Å². The van der Waals surface area contributed by atoms with Crippen molar-refractivity contribution in [3.63, 3.8) is 0 Å². The minimum absolute atomic E-state index is 0.0636. The van der Waals surface area contributed by atoms with Crippen LogP contribution >= 0.6 is 0 Å². The summed E-state index contributed by atoms with van der Waals surface area (Å²) in [5.41, 5.74) is 4.21. The SMILES string of the molecule is CC(C)Oc1cccc(C2=CCN(C(=O)[C@H]3NCC4(CC4)C[C@@H]3C(=O)NO)CC2)c1. The number of rotatable bonds is 5. The maximum Gasteiger partial charge on any atom is 0.248 e. The Hall–Kier alpha value is -2.38. The summed E-state index contributed by atoms with van der Waals surface area (Å²) in [5.74, 6) is -0.220. The van der Waals surface area contributed by atoms with Crippen LogP contribution in [0.25, 0.3) is 5.57 Å². The Kier molecular flexibility index (Phi) is 5.84. The molecule has 1 aromatic carbocycles. The molecule has 7 nitrogen and oxygen atoms in total. The molecule has 0 aromatic heterocycles. The highest BCUT2D eigenvalue weighted by molar-refractivity contribution is 5.90. The molecular weight excluding hydrogens is 382 g/mol. The molecule has 1 saturated heterocycles. The van der Waals surface area contributed by atoms with Crippen LogP contribution in [0.15, 0.2) is 30.3 Å². The van der Waals surface area contributed by atoms with Crippen molar-refractivity contribution in [1.29, 1.82) is 0 Å². The molecule has 0 bridgehead atoms. The van der Waals surface area contributed by atoms with Crippen molar-refractivity contribution in [2.75, 3.05) is 19.6 Å². The number of hydrogen-bond donors (Lipinski definition) is 3. The first-order valence-corrected chi connectivity index (χ1v) is 10.8. The van der Waals surface area contributed by atoms with Gasteiger partial charge in [-0.05, 0) is 68.2 Å². The van der Waals surface area contributed by atoms with E-state index in [9.17, 15) is 9.59 Å². The summed E-state index contributed by atoms with van der Waals surface area (Å²) in [5, 5.41) is 12.5. The predicted octanol–water partition coefficient (Wildman–Crippen LogP) is 2.35. The number of ether oxygens (including phenoxy) is 1. The first kappa shape index (κ1) is 20.9. The number of carbonyl (C=O) groups is 2. The van der Waals surface area contributed by atoms with Crippen molar-refractivity contribution >= 4 is 17.4 Å². The zero-order valence-electron chi connectivity index (χ0n) is 17.7. The first-order valence-electron chi connectivity index (χ1n) is 10.8. The summed E-state index contributed by atoms with van der Waals surface area (Å²) < 4.78 is 5.79. The topological polar surface area (TPSA) is 90.9 Å². The number of carbonyl (C=O) groups excluding carboxylic acids is 2. The fourth-order valence-electron chi connectivity index (χ4n) is 4.64. The third-order valence-electron chi connectivity index (χ3n) is 6.52. The van der Waals surface area contributed by atoms with Crippen LogP contribution in [0.3, 0.4) is 0 Å². The van der Waals surface area contributed by atoms with Gasteiger partial charge in [-0.25, -0.2) is 5.48 Å². The van der Waals surface area contributed by atoms with Crippen LogP contribution in [0.4, 0.5) is 0 Å². The van der Waals surface area contributed by atoms with Crippen LogP contribution in [0.2, 0.25) is 0 Å². The van der Waals surface area contributed by atoms with Crippen molar-refractivity contribution in [2.24, 2.45) is 11.3 Å². The minimum atomic E-state index is -0.582. The average Bonchev–Trinajstić information content (AvgIpc) is 3.51. The van der Waals surface area contributed by atoms with Crippen LogP contribution < -0.4 is 15.5 Å². The van der Waals surface area contributed by atoms with Gasteiger partial charge in [0.2, 0.25) is 11.8 Å². The maximum atomic E-state index is 13.2. The van der Waals surface area contributed by atoms with Gasteiger partial charge in [-0.1, -0.05) is 18.2 Å². The van der Waals surface area contributed by atoms with E-state index in [2.05, 4.69) is 17.5 Å². The third-order valence-corrected chi connectivity index (χ3v) is 6.52. The molecule has 1 aromatic rings. The zero-order chi connectivity index (χ0) is 21.3. The second kappa shape index (κ2) is 8.40. The molecule has 2 aliphatic heterocycles. The van der Waals surface area contributed by atoms with Crippen molar-refractivity contribution in [2.45, 2.75) is 51.7 Å². The Morgan fingerprint density at radius 2 is 2.13 bits per heavy atom. The van der Waals surface area contributed by atoms with Gasteiger partial charge in [-0.2, -0.15) is 0 Å². The van der Waals surface area contributed by atoms with Gasteiger partial charge >= 0.3 is 0 Å². The minimum Gasteiger partial charge on any atom is -0.491 e. The fourth-order valence-corrected chi connectivity index (χ4v) is 4.64. The smallest absolute Gasteiger partial charge is 0.248 e. The van der Waals surface area contributed by atoms with E-state index in [-0.39, 0.29) is 17.4 Å². The summed E-state index contributed by atoms with van der Waals surface area (Å²) in [6.45, 7) is 5.89. The summed E-state index contributed by atoms with van der Waals surface area (Å²) in [4.78, 5) is 27.2. The molecule has 162 valence electrons. The van der Waals surface area contributed by atoms with Gasteiger partial charge in [-0.3, -0.25) is 14.8 Å². The lowest BCUT2D eigenvalue weighted by atomic mass is 9.81. The lowest BCUT2D eigenvalue weighted by Gasteiger charge is -2.38. The van der Waals surface area contributed by atoms with E-state index in [1.807, 2.05) is 32.0 Å². The number of hydrogen-bond acceptors (Lipinski definition) is 5. The van der Waals surface area contributed by atoms with Crippen molar-refractivity contribution in [1.82, 2.24) is 15.7 Å². The molecule has 1 spiro atoms. The quantitative estimate of drug-likeness (QED) is 0.509. The Morgan fingerprint density at radius 1 is 1.33 bits per heavy atom. The van der Waals surface area contributed by atoms with E-state index in [0.717, 1.165) is 37.1 Å². The molecule has 1 aliphatic carbocycles. The molecule has 2 atom stereocenters. The highest BCUT2D eigenvalue weighted by Crippen LogP contribution is 2.52. The highest BCUT2D eigenvalue weighted by atomic mass is 16.5. The summed E-state index contributed by atoms with van der Waals surface area (Å²) in [7, 11) is 0. The number of amides is 2. The van der Waals surface area contributed by atoms with Crippen molar-refractivity contribution in [3.8, 4) is 5.75 Å². The Morgan fingerprint density at radius 3 is 2.77 bits per heavy atom.